The fourth-order valence-corrected chi connectivity index (χ4v) is 2.22. The fourth-order valence-electron chi connectivity index (χ4n) is 2.10. The molecule has 3 aromatic rings. The Morgan fingerprint density at radius 1 is 0.920 bits per heavy atom. The van der Waals surface area contributed by atoms with Crippen LogP contribution in [0.2, 0.25) is 5.02 Å². The maximum absolute atomic E-state index is 13.3. The van der Waals surface area contributed by atoms with Gasteiger partial charge in [0.25, 0.3) is 5.91 Å². The molecule has 0 aliphatic rings. The molecule has 0 saturated carbocycles. The van der Waals surface area contributed by atoms with Crippen LogP contribution in [-0.2, 0) is 0 Å². The van der Waals surface area contributed by atoms with Crippen molar-refractivity contribution in [3.05, 3.63) is 83.0 Å². The third-order valence-electron chi connectivity index (χ3n) is 3.32. The molecule has 0 aliphatic heterocycles. The molecule has 126 valence electrons. The van der Waals surface area contributed by atoms with Gasteiger partial charge in [-0.1, -0.05) is 11.6 Å². The van der Waals surface area contributed by atoms with Crippen LogP contribution < -0.4 is 10.6 Å². The SMILES string of the molecule is O=C(Nc1ccc(Cl)cc1)c1ccnc(Nc2ccc(F)c(F)c2)c1. The van der Waals surface area contributed by atoms with Gasteiger partial charge in [-0.15, -0.1) is 0 Å². The summed E-state index contributed by atoms with van der Waals surface area (Å²) in [5.74, 6) is -1.91. The number of amides is 1. The molecule has 3 rings (SSSR count). The molecule has 2 N–H and O–H groups in total. The molecule has 1 amide bonds. The van der Waals surface area contributed by atoms with Crippen molar-refractivity contribution in [1.29, 1.82) is 0 Å². The number of anilines is 3. The highest BCUT2D eigenvalue weighted by molar-refractivity contribution is 6.30. The van der Waals surface area contributed by atoms with Crippen LogP contribution in [0, 0.1) is 11.6 Å². The minimum Gasteiger partial charge on any atom is -0.340 e. The molecule has 0 atom stereocenters. The zero-order valence-electron chi connectivity index (χ0n) is 12.8. The van der Waals surface area contributed by atoms with E-state index >= 15 is 0 Å². The van der Waals surface area contributed by atoms with E-state index < -0.39 is 11.6 Å². The molecule has 0 bridgehead atoms. The van der Waals surface area contributed by atoms with Gasteiger partial charge in [0.2, 0.25) is 0 Å². The van der Waals surface area contributed by atoms with E-state index in [0.29, 0.717) is 27.8 Å². The second-order valence-electron chi connectivity index (χ2n) is 5.14. The molecular weight excluding hydrogens is 348 g/mol. The number of hydrogen-bond acceptors (Lipinski definition) is 3. The summed E-state index contributed by atoms with van der Waals surface area (Å²) in [5, 5.41) is 6.12. The summed E-state index contributed by atoms with van der Waals surface area (Å²) in [6.07, 6.45) is 1.44. The van der Waals surface area contributed by atoms with E-state index in [1.807, 2.05) is 0 Å². The lowest BCUT2D eigenvalue weighted by Gasteiger charge is -2.09. The van der Waals surface area contributed by atoms with Crippen molar-refractivity contribution in [2.45, 2.75) is 0 Å². The number of aromatic nitrogens is 1. The molecule has 25 heavy (non-hydrogen) atoms. The molecule has 0 aliphatic carbocycles. The van der Waals surface area contributed by atoms with Gasteiger partial charge in [0.15, 0.2) is 11.6 Å². The van der Waals surface area contributed by atoms with Gasteiger partial charge in [-0.2, -0.15) is 0 Å². The Kier molecular flexibility index (Phi) is 4.90. The van der Waals surface area contributed by atoms with Crippen molar-refractivity contribution >= 4 is 34.7 Å². The summed E-state index contributed by atoms with van der Waals surface area (Å²) in [6, 6.07) is 13.1. The molecule has 0 fully saturated rings. The number of benzene rings is 2. The van der Waals surface area contributed by atoms with Crippen LogP contribution >= 0.6 is 11.6 Å². The van der Waals surface area contributed by atoms with Crippen LogP contribution in [-0.4, -0.2) is 10.9 Å². The summed E-state index contributed by atoms with van der Waals surface area (Å²) in [6.45, 7) is 0. The molecule has 1 heterocycles. The number of rotatable bonds is 4. The summed E-state index contributed by atoms with van der Waals surface area (Å²) in [4.78, 5) is 16.4. The Balaban J connectivity index is 1.75. The highest BCUT2D eigenvalue weighted by atomic mass is 35.5. The Morgan fingerprint density at radius 2 is 1.64 bits per heavy atom. The molecule has 1 aromatic heterocycles. The van der Waals surface area contributed by atoms with E-state index in [9.17, 15) is 13.6 Å². The van der Waals surface area contributed by atoms with Crippen molar-refractivity contribution in [3.63, 3.8) is 0 Å². The molecule has 0 saturated heterocycles. The normalized spacial score (nSPS) is 10.4. The zero-order valence-corrected chi connectivity index (χ0v) is 13.5. The number of carbonyl (C=O) groups excluding carboxylic acids is 1. The predicted octanol–water partition coefficient (Wildman–Crippen LogP) is 5.01. The highest BCUT2D eigenvalue weighted by Crippen LogP contribution is 2.19. The van der Waals surface area contributed by atoms with Gasteiger partial charge in [-0.3, -0.25) is 4.79 Å². The lowest BCUT2D eigenvalue weighted by atomic mass is 10.2. The number of nitrogens with one attached hydrogen (secondary N) is 2. The quantitative estimate of drug-likeness (QED) is 0.688. The maximum Gasteiger partial charge on any atom is 0.255 e. The zero-order chi connectivity index (χ0) is 17.8. The van der Waals surface area contributed by atoms with Crippen molar-refractivity contribution in [1.82, 2.24) is 4.98 Å². The van der Waals surface area contributed by atoms with Crippen molar-refractivity contribution in [2.75, 3.05) is 10.6 Å². The lowest BCUT2D eigenvalue weighted by Crippen LogP contribution is -2.12. The van der Waals surface area contributed by atoms with Crippen molar-refractivity contribution in [3.8, 4) is 0 Å². The van der Waals surface area contributed by atoms with E-state index in [0.717, 1.165) is 12.1 Å². The van der Waals surface area contributed by atoms with Gasteiger partial charge in [-0.05, 0) is 48.5 Å². The summed E-state index contributed by atoms with van der Waals surface area (Å²) in [5.41, 5.74) is 1.28. The van der Waals surface area contributed by atoms with E-state index in [-0.39, 0.29) is 5.91 Å². The highest BCUT2D eigenvalue weighted by Gasteiger charge is 2.09. The topological polar surface area (TPSA) is 54.0 Å². The molecule has 2 aromatic carbocycles. The van der Waals surface area contributed by atoms with Crippen LogP contribution in [0.15, 0.2) is 60.8 Å². The van der Waals surface area contributed by atoms with Gasteiger partial charge in [-0.25, -0.2) is 13.8 Å². The average molecular weight is 360 g/mol. The molecule has 0 radical (unpaired) electrons. The Morgan fingerprint density at radius 3 is 2.36 bits per heavy atom. The minimum atomic E-state index is -0.971. The molecule has 4 nitrogen and oxygen atoms in total. The summed E-state index contributed by atoms with van der Waals surface area (Å²) < 4.78 is 26.2. The standard InChI is InChI=1S/C18H12ClF2N3O/c19-12-1-3-13(4-2-12)24-18(25)11-7-8-22-17(9-11)23-14-5-6-15(20)16(21)10-14/h1-10H,(H,22,23)(H,24,25). The van der Waals surface area contributed by atoms with E-state index in [4.69, 9.17) is 11.6 Å². The van der Waals surface area contributed by atoms with Crippen LogP contribution in [0.5, 0.6) is 0 Å². The summed E-state index contributed by atoms with van der Waals surface area (Å²) >= 11 is 5.80. The number of pyridine rings is 1. The Bertz CT molecular complexity index is 916. The second-order valence-corrected chi connectivity index (χ2v) is 5.58. The number of carbonyl (C=O) groups is 1. The van der Waals surface area contributed by atoms with Crippen molar-refractivity contribution < 1.29 is 13.6 Å². The molecule has 7 heteroatoms. The molecule has 0 unspecified atom stereocenters. The van der Waals surface area contributed by atoms with E-state index in [2.05, 4.69) is 15.6 Å². The first-order valence-corrected chi connectivity index (χ1v) is 7.64. The maximum atomic E-state index is 13.3. The first kappa shape index (κ1) is 16.9. The van der Waals surface area contributed by atoms with Crippen LogP contribution in [0.3, 0.4) is 0 Å². The first-order chi connectivity index (χ1) is 12.0. The minimum absolute atomic E-state index is 0.321. The van der Waals surface area contributed by atoms with Crippen LogP contribution in [0.1, 0.15) is 10.4 Å². The number of nitrogens with zero attached hydrogens (tertiary/aromatic N) is 1. The van der Waals surface area contributed by atoms with Gasteiger partial charge in [0.1, 0.15) is 5.82 Å². The smallest absolute Gasteiger partial charge is 0.255 e. The predicted molar refractivity (Wildman–Crippen MR) is 93.3 cm³/mol. The second kappa shape index (κ2) is 7.27. The van der Waals surface area contributed by atoms with E-state index in [1.54, 1.807) is 30.3 Å². The Hall–Kier alpha value is -2.99. The monoisotopic (exact) mass is 359 g/mol. The van der Waals surface area contributed by atoms with Gasteiger partial charge in [0.05, 0.1) is 0 Å². The van der Waals surface area contributed by atoms with Crippen LogP contribution in [0.25, 0.3) is 0 Å². The lowest BCUT2D eigenvalue weighted by molar-refractivity contribution is 0.102. The number of hydrogen-bond donors (Lipinski definition) is 2. The van der Waals surface area contributed by atoms with Crippen molar-refractivity contribution in [2.24, 2.45) is 0 Å². The largest absolute Gasteiger partial charge is 0.340 e. The Labute approximate surface area is 147 Å². The number of halogens is 3. The van der Waals surface area contributed by atoms with Crippen LogP contribution in [0.4, 0.5) is 26.0 Å². The fraction of sp³-hybridized carbons (Fsp3) is 0. The van der Waals surface area contributed by atoms with Gasteiger partial charge in [0, 0.05) is 34.2 Å². The first-order valence-electron chi connectivity index (χ1n) is 7.26. The van der Waals surface area contributed by atoms with Gasteiger partial charge >= 0.3 is 0 Å². The molecular formula is C18H12ClF2N3O. The molecule has 0 spiro atoms. The van der Waals surface area contributed by atoms with Gasteiger partial charge < -0.3 is 10.6 Å². The third-order valence-corrected chi connectivity index (χ3v) is 3.57. The average Bonchev–Trinajstić information content (AvgIpc) is 2.60. The van der Waals surface area contributed by atoms with E-state index in [1.165, 1.54) is 18.3 Å². The summed E-state index contributed by atoms with van der Waals surface area (Å²) in [7, 11) is 0. The third kappa shape index (κ3) is 4.30.